The molecule has 51 heavy (non-hydrogen) atoms. The van der Waals surface area contributed by atoms with E-state index in [-0.39, 0.29) is 79.0 Å². The van der Waals surface area contributed by atoms with E-state index in [4.69, 9.17) is 40.2 Å². The van der Waals surface area contributed by atoms with Crippen LogP contribution in [0.5, 0.6) is 0 Å². The average Bonchev–Trinajstić information content (AvgIpc) is 4.03. The third-order valence-electron chi connectivity index (χ3n) is 8.80. The minimum Gasteiger partial charge on any atom is -0.456 e. The van der Waals surface area contributed by atoms with Crippen LogP contribution in [-0.4, -0.2) is 19.5 Å². The van der Waals surface area contributed by atoms with Crippen molar-refractivity contribution in [3.8, 4) is 39.9 Å². The SMILES string of the molecule is [2H]c1c([2H])c([2H])c(-c2cccc3oc4cc(-c5nc(-c6ccccc6)nc(-n6c7c([2H])c([2H])c([2H])c([2H])c7c7c([2H])c8c(oc9c([2H])c([2H])c([2H])c([2H])c98)c([2H])c76)n5)ccc4c23)c([2H])c1[2H]. The lowest BCUT2D eigenvalue weighted by molar-refractivity contribution is 0.668. The van der Waals surface area contributed by atoms with Gasteiger partial charge in [-0.1, -0.05) is 115 Å². The molecule has 4 aromatic heterocycles. The second-order valence-corrected chi connectivity index (χ2v) is 11.7. The smallest absolute Gasteiger partial charge is 0.238 e. The molecule has 0 atom stereocenters. The van der Waals surface area contributed by atoms with E-state index in [1.54, 1.807) is 66.7 Å². The van der Waals surface area contributed by atoms with Gasteiger partial charge in [0, 0.05) is 49.5 Å². The maximum atomic E-state index is 9.63. The Morgan fingerprint density at radius 2 is 1.24 bits per heavy atom. The number of hydrogen-bond donors (Lipinski definition) is 0. The molecule has 0 N–H and O–H groups in total. The first-order valence-electron chi connectivity index (χ1n) is 23.2. The van der Waals surface area contributed by atoms with E-state index >= 15 is 0 Å². The molecule has 4 heterocycles. The highest BCUT2D eigenvalue weighted by molar-refractivity contribution is 6.17. The van der Waals surface area contributed by atoms with Gasteiger partial charge in [-0.3, -0.25) is 4.57 Å². The quantitative estimate of drug-likeness (QED) is 0.186. The van der Waals surface area contributed by atoms with Crippen molar-refractivity contribution in [1.82, 2.24) is 19.5 Å². The number of fused-ring (bicyclic) bond motifs is 9. The molecule has 0 saturated heterocycles. The summed E-state index contributed by atoms with van der Waals surface area (Å²) in [5.74, 6) is -0.0515. The van der Waals surface area contributed by atoms with Gasteiger partial charge in [-0.2, -0.15) is 9.97 Å². The monoisotopic (exact) mass is 669 g/mol. The van der Waals surface area contributed by atoms with Crippen molar-refractivity contribution in [1.29, 1.82) is 0 Å². The predicted octanol–water partition coefficient (Wildman–Crippen LogP) is 11.8. The molecule has 7 aromatic carbocycles. The van der Waals surface area contributed by atoms with Crippen molar-refractivity contribution in [2.24, 2.45) is 0 Å². The van der Waals surface area contributed by atoms with E-state index in [9.17, 15) is 4.11 Å². The van der Waals surface area contributed by atoms with Gasteiger partial charge >= 0.3 is 0 Å². The molecule has 0 aliphatic heterocycles. The maximum Gasteiger partial charge on any atom is 0.238 e. The van der Waals surface area contributed by atoms with E-state index in [1.807, 2.05) is 0 Å². The summed E-state index contributed by atoms with van der Waals surface area (Å²) >= 11 is 0. The van der Waals surface area contributed by atoms with Gasteiger partial charge in [0.15, 0.2) is 11.6 Å². The molecular formula is C45H26N4O2. The summed E-state index contributed by atoms with van der Waals surface area (Å²) in [5.41, 5.74) is 1.04. The number of furan rings is 2. The highest BCUT2D eigenvalue weighted by atomic mass is 16.3. The third kappa shape index (κ3) is 4.26. The summed E-state index contributed by atoms with van der Waals surface area (Å²) in [5, 5.41) is 0.451. The number of hydrogen-bond acceptors (Lipinski definition) is 5. The van der Waals surface area contributed by atoms with Crippen LogP contribution in [0.1, 0.15) is 20.6 Å². The van der Waals surface area contributed by atoms with Crippen LogP contribution in [0.4, 0.5) is 0 Å². The minimum absolute atomic E-state index is 0.00390. The number of aromatic nitrogens is 4. The van der Waals surface area contributed by atoms with Crippen molar-refractivity contribution in [3.05, 3.63) is 157 Å². The van der Waals surface area contributed by atoms with E-state index in [1.165, 1.54) is 4.57 Å². The summed E-state index contributed by atoms with van der Waals surface area (Å²) in [4.78, 5) is 14.5. The number of nitrogens with zero attached hydrogens (tertiary/aromatic N) is 4. The first kappa shape index (κ1) is 17.1. The van der Waals surface area contributed by atoms with Gasteiger partial charge in [0.1, 0.15) is 22.3 Å². The average molecular weight is 670 g/mol. The lowest BCUT2D eigenvalue weighted by Crippen LogP contribution is -2.06. The highest BCUT2D eigenvalue weighted by Crippen LogP contribution is 2.40. The largest absolute Gasteiger partial charge is 0.456 e. The van der Waals surface area contributed by atoms with E-state index in [0.717, 1.165) is 0 Å². The molecule has 0 radical (unpaired) electrons. The zero-order valence-electron chi connectivity index (χ0n) is 41.0. The minimum atomic E-state index is -0.619. The Balaban J connectivity index is 1.23. The maximum absolute atomic E-state index is 9.63. The van der Waals surface area contributed by atoms with E-state index < -0.39 is 78.6 Å². The number of benzene rings is 7. The van der Waals surface area contributed by atoms with Gasteiger partial charge in [-0.15, -0.1) is 0 Å². The Labute approximate surface area is 311 Å². The molecule has 238 valence electrons. The van der Waals surface area contributed by atoms with Gasteiger partial charge in [0.2, 0.25) is 5.95 Å². The fraction of sp³-hybridized carbons (Fsp3) is 0. The molecule has 0 spiro atoms. The topological polar surface area (TPSA) is 69.9 Å². The van der Waals surface area contributed by atoms with Crippen LogP contribution in [0.3, 0.4) is 0 Å². The molecule has 0 aliphatic carbocycles. The first-order chi connectivity index (χ1) is 31.5. The van der Waals surface area contributed by atoms with Crippen LogP contribution in [-0.2, 0) is 0 Å². The zero-order valence-corrected chi connectivity index (χ0v) is 26.0. The number of rotatable bonds is 4. The molecule has 0 unspecified atom stereocenters. The molecule has 0 amide bonds. The van der Waals surface area contributed by atoms with Gasteiger partial charge in [-0.25, -0.2) is 4.98 Å². The summed E-state index contributed by atoms with van der Waals surface area (Å²) in [6.45, 7) is 0. The van der Waals surface area contributed by atoms with Crippen LogP contribution in [0.15, 0.2) is 166 Å². The number of para-hydroxylation sites is 2. The van der Waals surface area contributed by atoms with E-state index in [0.29, 0.717) is 38.6 Å². The zero-order chi connectivity index (χ0) is 46.5. The second-order valence-electron chi connectivity index (χ2n) is 11.7. The molecule has 0 fully saturated rings. The molecule has 11 rings (SSSR count). The van der Waals surface area contributed by atoms with Crippen LogP contribution >= 0.6 is 0 Å². The molecule has 11 aromatic rings. The fourth-order valence-corrected chi connectivity index (χ4v) is 6.56. The van der Waals surface area contributed by atoms with Crippen LogP contribution in [0.25, 0.3) is 106 Å². The second kappa shape index (κ2) is 10.7. The summed E-state index contributed by atoms with van der Waals surface area (Å²) < 4.78 is 144. The van der Waals surface area contributed by atoms with Crippen molar-refractivity contribution in [2.45, 2.75) is 0 Å². The van der Waals surface area contributed by atoms with Crippen LogP contribution < -0.4 is 0 Å². The lowest BCUT2D eigenvalue weighted by atomic mass is 9.99. The van der Waals surface area contributed by atoms with Crippen LogP contribution in [0, 0.1) is 0 Å². The lowest BCUT2D eigenvalue weighted by Gasteiger charge is -2.11. The standard InChI is InChI=1S/C45H26N4O2/c1-3-12-27(13-4-1)30-18-11-21-39-42(30)33-23-22-29(24-40(33)51-39)44-46-43(28-14-5-2-6-15-28)47-45(48-44)49-36-19-9-7-16-31(36)34-25-35-32-17-8-10-20-38(32)50-41(35)26-37(34)49/h1-26H/i1D,3D,4D,7D,8D,9D,10D,12D,13D,16D,17D,19D,20D,25D,26D. The van der Waals surface area contributed by atoms with Crippen molar-refractivity contribution >= 4 is 65.7 Å². The third-order valence-corrected chi connectivity index (χ3v) is 8.80. The summed E-state index contributed by atoms with van der Waals surface area (Å²) in [6.07, 6.45) is 0. The van der Waals surface area contributed by atoms with Gasteiger partial charge in [0.05, 0.1) is 31.6 Å². The molecule has 0 bridgehead atoms. The fourth-order valence-electron chi connectivity index (χ4n) is 6.56. The van der Waals surface area contributed by atoms with Gasteiger partial charge in [0.25, 0.3) is 0 Å². The Morgan fingerprint density at radius 1 is 0.471 bits per heavy atom. The Kier molecular flexibility index (Phi) is 3.59. The molecule has 0 saturated carbocycles. The molecule has 6 heteroatoms. The Morgan fingerprint density at radius 3 is 2.12 bits per heavy atom. The van der Waals surface area contributed by atoms with Crippen molar-refractivity contribution in [3.63, 3.8) is 0 Å². The predicted molar refractivity (Wildman–Crippen MR) is 205 cm³/mol. The molecule has 6 nitrogen and oxygen atoms in total. The normalized spacial score (nSPS) is 16.0. The molecular weight excluding hydrogens is 629 g/mol. The first-order valence-corrected chi connectivity index (χ1v) is 15.7. The highest BCUT2D eigenvalue weighted by Gasteiger charge is 2.21. The Bertz CT molecular complexity index is 3990. The van der Waals surface area contributed by atoms with E-state index in [2.05, 4.69) is 0 Å². The summed E-state index contributed by atoms with van der Waals surface area (Å²) in [7, 11) is 0. The van der Waals surface area contributed by atoms with Gasteiger partial charge < -0.3 is 8.83 Å². The summed E-state index contributed by atoms with van der Waals surface area (Å²) in [6, 6.07) is 11.3. The van der Waals surface area contributed by atoms with Crippen molar-refractivity contribution in [2.75, 3.05) is 0 Å². The van der Waals surface area contributed by atoms with Crippen LogP contribution in [0.2, 0.25) is 0 Å². The van der Waals surface area contributed by atoms with Crippen molar-refractivity contribution < 1.29 is 29.4 Å². The van der Waals surface area contributed by atoms with Gasteiger partial charge in [-0.05, 0) is 47.5 Å². The molecule has 0 aliphatic rings. The Hall–Kier alpha value is -7.05.